The summed E-state index contributed by atoms with van der Waals surface area (Å²) in [6.07, 6.45) is 0. The van der Waals surface area contributed by atoms with E-state index in [9.17, 15) is 0 Å². The van der Waals surface area contributed by atoms with Crippen LogP contribution in [-0.2, 0) is 0 Å². The van der Waals surface area contributed by atoms with Gasteiger partial charge in [-0.2, -0.15) is 0 Å². The molecular weight excluding hydrogens is 574 g/mol. The molecule has 2 heterocycles. The van der Waals surface area contributed by atoms with Crippen molar-refractivity contribution in [2.24, 2.45) is 0 Å². The minimum absolute atomic E-state index is 0.907. The van der Waals surface area contributed by atoms with Gasteiger partial charge in [-0.25, -0.2) is 0 Å². The maximum Gasteiger partial charge on any atom is 0.136 e. The molecule has 7 aromatic carbocycles. The summed E-state index contributed by atoms with van der Waals surface area (Å²) >= 11 is 0. The van der Waals surface area contributed by atoms with Crippen LogP contribution >= 0.6 is 0 Å². The molecule has 3 heteroatoms. The minimum atomic E-state index is 0.907. The summed E-state index contributed by atoms with van der Waals surface area (Å²) in [6, 6.07) is 53.8. The number of anilines is 3. The molecule has 224 valence electrons. The third-order valence-corrected chi connectivity index (χ3v) is 9.14. The topological polar surface area (TPSA) is 29.5 Å². The van der Waals surface area contributed by atoms with Crippen molar-refractivity contribution in [3.8, 4) is 22.3 Å². The highest BCUT2D eigenvalue weighted by Crippen LogP contribution is 2.39. The minimum Gasteiger partial charge on any atom is -0.456 e. The quantitative estimate of drug-likeness (QED) is 0.195. The van der Waals surface area contributed by atoms with E-state index < -0.39 is 0 Å². The molecule has 0 spiro atoms. The van der Waals surface area contributed by atoms with Crippen LogP contribution in [0.15, 0.2) is 160 Å². The third-order valence-electron chi connectivity index (χ3n) is 9.14. The zero-order valence-electron chi connectivity index (χ0n) is 26.2. The summed E-state index contributed by atoms with van der Waals surface area (Å²) in [5.41, 5.74) is 14.1. The number of benzene rings is 7. The molecule has 47 heavy (non-hydrogen) atoms. The molecule has 9 aromatic rings. The summed E-state index contributed by atoms with van der Waals surface area (Å²) in [5.74, 6) is 0. The van der Waals surface area contributed by atoms with E-state index in [4.69, 9.17) is 8.83 Å². The molecule has 9 rings (SSSR count). The Morgan fingerprint density at radius 3 is 1.45 bits per heavy atom. The molecule has 0 aliphatic rings. The molecule has 3 nitrogen and oxygen atoms in total. The second kappa shape index (κ2) is 10.8. The largest absolute Gasteiger partial charge is 0.456 e. The molecule has 0 radical (unpaired) electrons. The molecule has 0 bridgehead atoms. The van der Waals surface area contributed by atoms with Crippen LogP contribution in [0.5, 0.6) is 0 Å². The van der Waals surface area contributed by atoms with Crippen molar-refractivity contribution in [3.05, 3.63) is 163 Å². The monoisotopic (exact) mass is 605 g/mol. The van der Waals surface area contributed by atoms with Gasteiger partial charge in [0.2, 0.25) is 0 Å². The summed E-state index contributed by atoms with van der Waals surface area (Å²) in [6.45, 7) is 4.32. The van der Waals surface area contributed by atoms with Crippen molar-refractivity contribution < 1.29 is 8.83 Å². The number of fused-ring (bicyclic) bond motifs is 6. The standard InChI is InChI=1S/C44H31NO2/c1-28-23-29(2)25-36(24-28)45(34-17-11-30(12-18-34)32-16-22-43-40(26-32)38-8-4-6-10-42(38)46-43)35-19-13-31(14-20-35)33-15-21-39-37-7-3-5-9-41(37)47-44(39)27-33/h3-27H,1-2H3. The molecule has 0 atom stereocenters. The lowest BCUT2D eigenvalue weighted by Crippen LogP contribution is -2.10. The van der Waals surface area contributed by atoms with Gasteiger partial charge in [0, 0.05) is 38.6 Å². The fourth-order valence-corrected chi connectivity index (χ4v) is 6.94. The number of hydrogen-bond donors (Lipinski definition) is 0. The van der Waals surface area contributed by atoms with Crippen LogP contribution < -0.4 is 4.90 Å². The SMILES string of the molecule is Cc1cc(C)cc(N(c2ccc(-c3ccc4c(c3)oc3ccccc34)cc2)c2ccc(-c3ccc4oc5ccccc5c4c3)cc2)c1. The van der Waals surface area contributed by atoms with Gasteiger partial charge < -0.3 is 13.7 Å². The second-order valence-electron chi connectivity index (χ2n) is 12.4. The van der Waals surface area contributed by atoms with E-state index in [1.807, 2.05) is 24.3 Å². The first-order chi connectivity index (χ1) is 23.1. The number of para-hydroxylation sites is 2. The molecule has 0 fully saturated rings. The number of nitrogens with zero attached hydrogens (tertiary/aromatic N) is 1. The first kappa shape index (κ1) is 27.3. The predicted octanol–water partition coefficient (Wildman–Crippen LogP) is 12.9. The highest BCUT2D eigenvalue weighted by atomic mass is 16.3. The Bertz CT molecular complexity index is 2570. The van der Waals surface area contributed by atoms with Crippen LogP contribution in [0.3, 0.4) is 0 Å². The number of furan rings is 2. The molecule has 0 saturated heterocycles. The maximum absolute atomic E-state index is 6.18. The highest BCUT2D eigenvalue weighted by molar-refractivity contribution is 6.07. The van der Waals surface area contributed by atoms with E-state index in [0.29, 0.717) is 0 Å². The third kappa shape index (κ3) is 4.76. The summed E-state index contributed by atoms with van der Waals surface area (Å²) in [5, 5.41) is 4.57. The van der Waals surface area contributed by atoms with Crippen molar-refractivity contribution in [1.29, 1.82) is 0 Å². The van der Waals surface area contributed by atoms with E-state index in [2.05, 4.69) is 146 Å². The lowest BCUT2D eigenvalue weighted by Gasteiger charge is -2.26. The van der Waals surface area contributed by atoms with Gasteiger partial charge in [-0.05, 0) is 120 Å². The van der Waals surface area contributed by atoms with Crippen molar-refractivity contribution in [1.82, 2.24) is 0 Å². The molecule has 0 saturated carbocycles. The van der Waals surface area contributed by atoms with Gasteiger partial charge in [0.15, 0.2) is 0 Å². The molecule has 0 aliphatic heterocycles. The van der Waals surface area contributed by atoms with Crippen LogP contribution in [0.25, 0.3) is 66.1 Å². The lowest BCUT2D eigenvalue weighted by atomic mass is 10.0. The average Bonchev–Trinajstić information content (AvgIpc) is 3.66. The van der Waals surface area contributed by atoms with Gasteiger partial charge in [0.05, 0.1) is 0 Å². The van der Waals surface area contributed by atoms with Crippen LogP contribution in [0.4, 0.5) is 17.1 Å². The highest BCUT2D eigenvalue weighted by Gasteiger charge is 2.15. The number of aryl methyl sites for hydroxylation is 2. The van der Waals surface area contributed by atoms with Gasteiger partial charge in [-0.1, -0.05) is 78.9 Å². The number of rotatable bonds is 5. The van der Waals surface area contributed by atoms with Crippen LogP contribution in [0.2, 0.25) is 0 Å². The fourth-order valence-electron chi connectivity index (χ4n) is 6.94. The van der Waals surface area contributed by atoms with E-state index in [-0.39, 0.29) is 0 Å². The Morgan fingerprint density at radius 1 is 0.340 bits per heavy atom. The molecule has 0 unspecified atom stereocenters. The molecule has 0 aliphatic carbocycles. The first-order valence-electron chi connectivity index (χ1n) is 16.0. The Hall–Kier alpha value is -6.06. The Balaban J connectivity index is 1.09. The van der Waals surface area contributed by atoms with E-state index in [1.165, 1.54) is 16.7 Å². The van der Waals surface area contributed by atoms with E-state index in [0.717, 1.165) is 77.6 Å². The van der Waals surface area contributed by atoms with Gasteiger partial charge in [0.1, 0.15) is 22.3 Å². The van der Waals surface area contributed by atoms with Crippen LogP contribution in [0, 0.1) is 13.8 Å². The van der Waals surface area contributed by atoms with Gasteiger partial charge >= 0.3 is 0 Å². The Kier molecular flexibility index (Phi) is 6.26. The Labute approximate surface area is 272 Å². The predicted molar refractivity (Wildman–Crippen MR) is 196 cm³/mol. The van der Waals surface area contributed by atoms with Crippen molar-refractivity contribution in [2.75, 3.05) is 4.90 Å². The summed E-state index contributed by atoms with van der Waals surface area (Å²) in [7, 11) is 0. The molecular formula is C44H31NO2. The van der Waals surface area contributed by atoms with E-state index in [1.54, 1.807) is 0 Å². The van der Waals surface area contributed by atoms with Crippen molar-refractivity contribution in [2.45, 2.75) is 13.8 Å². The van der Waals surface area contributed by atoms with Crippen LogP contribution in [0.1, 0.15) is 11.1 Å². The van der Waals surface area contributed by atoms with Crippen molar-refractivity contribution >= 4 is 60.9 Å². The number of hydrogen-bond acceptors (Lipinski definition) is 3. The maximum atomic E-state index is 6.18. The summed E-state index contributed by atoms with van der Waals surface area (Å²) < 4.78 is 12.2. The van der Waals surface area contributed by atoms with Gasteiger partial charge in [0.25, 0.3) is 0 Å². The van der Waals surface area contributed by atoms with E-state index >= 15 is 0 Å². The molecule has 2 aromatic heterocycles. The second-order valence-corrected chi connectivity index (χ2v) is 12.4. The van der Waals surface area contributed by atoms with Crippen LogP contribution in [-0.4, -0.2) is 0 Å². The normalized spacial score (nSPS) is 11.6. The van der Waals surface area contributed by atoms with Gasteiger partial charge in [-0.3, -0.25) is 0 Å². The fraction of sp³-hybridized carbons (Fsp3) is 0.0455. The molecule has 0 N–H and O–H groups in total. The molecule has 0 amide bonds. The summed E-state index contributed by atoms with van der Waals surface area (Å²) in [4.78, 5) is 2.34. The zero-order chi connectivity index (χ0) is 31.5. The first-order valence-corrected chi connectivity index (χ1v) is 16.0. The average molecular weight is 606 g/mol. The smallest absolute Gasteiger partial charge is 0.136 e. The van der Waals surface area contributed by atoms with Crippen molar-refractivity contribution in [3.63, 3.8) is 0 Å². The Morgan fingerprint density at radius 2 is 0.809 bits per heavy atom. The lowest BCUT2D eigenvalue weighted by molar-refractivity contribution is 0.668. The zero-order valence-corrected chi connectivity index (χ0v) is 26.2. The van der Waals surface area contributed by atoms with Gasteiger partial charge in [-0.15, -0.1) is 0 Å².